The molecule has 0 bridgehead atoms. The van der Waals surface area contributed by atoms with Crippen LogP contribution in [0.15, 0.2) is 62.5 Å². The fraction of sp³-hybridized carbons (Fsp3) is 0.240. The van der Waals surface area contributed by atoms with Crippen molar-refractivity contribution in [3.8, 4) is 11.1 Å². The second-order valence-electron chi connectivity index (χ2n) is 8.76. The summed E-state index contributed by atoms with van der Waals surface area (Å²) in [6.45, 7) is 1.96. The van der Waals surface area contributed by atoms with Crippen LogP contribution in [0.4, 0.5) is 23.7 Å². The van der Waals surface area contributed by atoms with Crippen LogP contribution in [0, 0.1) is 12.3 Å². The number of rotatable bonds is 10. The maximum atomic E-state index is 13.6. The van der Waals surface area contributed by atoms with E-state index in [-0.39, 0.29) is 28.7 Å². The highest BCUT2D eigenvalue weighted by Crippen LogP contribution is 2.38. The number of aryl methyl sites for hydroxylation is 1. The molecule has 1 aromatic heterocycles. The zero-order valence-electron chi connectivity index (χ0n) is 23.3. The van der Waals surface area contributed by atoms with Crippen LogP contribution in [0.5, 0.6) is 0 Å². The fourth-order valence-electron chi connectivity index (χ4n) is 3.50. The molecule has 3 rings (SSSR count). The third-order valence-electron chi connectivity index (χ3n) is 5.38. The number of nitrogens with two attached hydrogens (primary N) is 1. The van der Waals surface area contributed by atoms with E-state index < -0.39 is 38.0 Å². The Hall–Kier alpha value is -3.65. The van der Waals surface area contributed by atoms with Crippen molar-refractivity contribution < 1.29 is 44.7 Å². The number of urea groups is 1. The Bertz CT molecular complexity index is 1760. The third kappa shape index (κ3) is 10.2. The molecular formula is C25H28F3N5O7S4. The van der Waals surface area contributed by atoms with Crippen molar-refractivity contribution in [2.75, 3.05) is 30.9 Å². The number of amidine groups is 1. The normalized spacial score (nSPS) is 11.7. The maximum absolute atomic E-state index is 13.6. The number of carbonyl (C=O) groups is 2. The molecule has 3 aromatic rings. The monoisotopic (exact) mass is 695 g/mol. The Morgan fingerprint density at radius 3 is 2.23 bits per heavy atom. The van der Waals surface area contributed by atoms with E-state index in [9.17, 15) is 34.8 Å². The molecule has 0 fully saturated rings. The topological polar surface area (TPSA) is 209 Å². The van der Waals surface area contributed by atoms with Gasteiger partial charge < -0.3 is 21.5 Å². The first-order valence-electron chi connectivity index (χ1n) is 12.0. The van der Waals surface area contributed by atoms with E-state index in [1.807, 2.05) is 13.0 Å². The number of hydrogen-bond acceptors (Lipinski definition) is 9. The van der Waals surface area contributed by atoms with Crippen molar-refractivity contribution in [3.05, 3.63) is 59.0 Å². The van der Waals surface area contributed by atoms with E-state index in [0.717, 1.165) is 23.2 Å². The number of carboxylic acid groups (broad SMARTS) is 1. The molecule has 0 unspecified atom stereocenters. The van der Waals surface area contributed by atoms with Crippen LogP contribution in [0.25, 0.3) is 11.1 Å². The zero-order valence-corrected chi connectivity index (χ0v) is 26.5. The number of sulfonamides is 1. The number of carbonyl (C=O) groups excluding carboxylic acids is 1. The van der Waals surface area contributed by atoms with Gasteiger partial charge in [-0.05, 0) is 48.6 Å². The standard InChI is InChI=1S/C23H27N5O5S4.C2HF3O2/c1-14-6-4-9-17(28-23(29)26-10-11-27-36(3,30)31)20(14)15-7-5-8-16(12-15)37(32,33)19-13-18(21(24)25)35-22(19)34-2;3-2(4,5)1(6)7/h4-9,12-13,27H,10-11H2,1-3H3,(H3,24,25)(H2,26,28,29);(H,6,7). The minimum absolute atomic E-state index is 0.0405. The summed E-state index contributed by atoms with van der Waals surface area (Å²) in [5, 5.41) is 20.1. The summed E-state index contributed by atoms with van der Waals surface area (Å²) in [4.78, 5) is 21.9. The Balaban J connectivity index is 0.000000860. The molecule has 2 amide bonds. The highest BCUT2D eigenvalue weighted by molar-refractivity contribution is 8.01. The van der Waals surface area contributed by atoms with Crippen molar-refractivity contribution in [1.29, 1.82) is 5.41 Å². The molecule has 0 aliphatic carbocycles. The highest BCUT2D eigenvalue weighted by atomic mass is 32.2. The second-order valence-corrected chi connectivity index (χ2v) is 14.6. The molecule has 2 aromatic carbocycles. The highest BCUT2D eigenvalue weighted by Gasteiger charge is 2.38. The number of thiophene rings is 1. The van der Waals surface area contributed by atoms with Gasteiger partial charge in [-0.25, -0.2) is 31.1 Å². The summed E-state index contributed by atoms with van der Waals surface area (Å²) in [6.07, 6.45) is -2.29. The summed E-state index contributed by atoms with van der Waals surface area (Å²) in [6, 6.07) is 12.6. The summed E-state index contributed by atoms with van der Waals surface area (Å²) < 4.78 is 84.0. The van der Waals surface area contributed by atoms with Gasteiger partial charge in [0.1, 0.15) is 5.84 Å². The molecule has 240 valence electrons. The molecule has 7 N–H and O–H groups in total. The van der Waals surface area contributed by atoms with Gasteiger partial charge in [-0.1, -0.05) is 24.3 Å². The lowest BCUT2D eigenvalue weighted by molar-refractivity contribution is -0.192. The van der Waals surface area contributed by atoms with E-state index in [0.29, 0.717) is 25.9 Å². The van der Waals surface area contributed by atoms with E-state index in [2.05, 4.69) is 15.4 Å². The molecule has 0 saturated heterocycles. The molecule has 12 nitrogen and oxygen atoms in total. The van der Waals surface area contributed by atoms with Crippen LogP contribution in [-0.2, 0) is 24.7 Å². The molecule has 44 heavy (non-hydrogen) atoms. The third-order valence-corrected chi connectivity index (χ3v) is 10.4. The number of amides is 2. The van der Waals surface area contributed by atoms with Crippen molar-refractivity contribution in [1.82, 2.24) is 10.0 Å². The van der Waals surface area contributed by atoms with Gasteiger partial charge in [0.05, 0.1) is 30.8 Å². The molecule has 0 saturated carbocycles. The van der Waals surface area contributed by atoms with Gasteiger partial charge in [0.25, 0.3) is 0 Å². The zero-order chi connectivity index (χ0) is 33.5. The lowest BCUT2D eigenvalue weighted by Crippen LogP contribution is -2.36. The number of benzene rings is 2. The first-order chi connectivity index (χ1) is 20.3. The summed E-state index contributed by atoms with van der Waals surface area (Å²) in [7, 11) is -7.28. The van der Waals surface area contributed by atoms with E-state index >= 15 is 0 Å². The van der Waals surface area contributed by atoms with Crippen LogP contribution in [0.3, 0.4) is 0 Å². The molecule has 0 radical (unpaired) electrons. The summed E-state index contributed by atoms with van der Waals surface area (Å²) >= 11 is 2.42. The van der Waals surface area contributed by atoms with Crippen LogP contribution >= 0.6 is 23.1 Å². The number of hydrogen-bond donors (Lipinski definition) is 6. The van der Waals surface area contributed by atoms with Gasteiger partial charge in [-0.15, -0.1) is 23.1 Å². The quantitative estimate of drug-likeness (QED) is 0.0786. The number of anilines is 1. The van der Waals surface area contributed by atoms with Gasteiger partial charge >= 0.3 is 18.2 Å². The molecular weight excluding hydrogens is 668 g/mol. The minimum atomic E-state index is -5.08. The molecule has 0 atom stereocenters. The predicted molar refractivity (Wildman–Crippen MR) is 163 cm³/mol. The summed E-state index contributed by atoms with van der Waals surface area (Å²) in [5.41, 5.74) is 8.08. The first-order valence-corrected chi connectivity index (χ1v) is 17.5. The minimum Gasteiger partial charge on any atom is -0.475 e. The van der Waals surface area contributed by atoms with Crippen LogP contribution in [0.2, 0.25) is 0 Å². The molecule has 0 aliphatic heterocycles. The number of thioether (sulfide) groups is 1. The largest absolute Gasteiger partial charge is 0.490 e. The van der Waals surface area contributed by atoms with Crippen LogP contribution in [-0.4, -0.2) is 71.6 Å². The second kappa shape index (κ2) is 14.9. The average Bonchev–Trinajstić information content (AvgIpc) is 3.37. The fourth-order valence-corrected chi connectivity index (χ4v) is 7.88. The van der Waals surface area contributed by atoms with Gasteiger partial charge in [0.15, 0.2) is 0 Å². The smallest absolute Gasteiger partial charge is 0.475 e. The lowest BCUT2D eigenvalue weighted by atomic mass is 9.98. The Morgan fingerprint density at radius 1 is 1.07 bits per heavy atom. The van der Waals surface area contributed by atoms with Crippen LogP contribution in [0.1, 0.15) is 10.4 Å². The number of nitrogen functional groups attached to an aromatic ring is 1. The average molecular weight is 696 g/mol. The predicted octanol–water partition coefficient (Wildman–Crippen LogP) is 3.87. The Kier molecular flexibility index (Phi) is 12.4. The number of carboxylic acids is 1. The van der Waals surface area contributed by atoms with E-state index in [1.54, 1.807) is 36.6 Å². The molecule has 1 heterocycles. The van der Waals surface area contributed by atoms with Crippen molar-refractivity contribution in [3.63, 3.8) is 0 Å². The maximum Gasteiger partial charge on any atom is 0.490 e. The molecule has 0 aliphatic rings. The van der Waals surface area contributed by atoms with Crippen LogP contribution < -0.4 is 21.1 Å². The van der Waals surface area contributed by atoms with Gasteiger partial charge in [0, 0.05) is 18.7 Å². The SMILES string of the molecule is CSc1sc(C(=N)N)cc1S(=O)(=O)c1cccc(-c2c(C)cccc2NC(=O)NCCNS(C)(=O)=O)c1.O=C(O)C(F)(F)F. The molecule has 19 heteroatoms. The molecule has 0 spiro atoms. The Labute approximate surface area is 259 Å². The van der Waals surface area contributed by atoms with Gasteiger partial charge in [-0.2, -0.15) is 13.2 Å². The lowest BCUT2D eigenvalue weighted by Gasteiger charge is -2.16. The van der Waals surface area contributed by atoms with Gasteiger partial charge in [0.2, 0.25) is 19.9 Å². The number of sulfone groups is 1. The van der Waals surface area contributed by atoms with Crippen molar-refractivity contribution >= 4 is 66.5 Å². The Morgan fingerprint density at radius 2 is 1.68 bits per heavy atom. The van der Waals surface area contributed by atoms with Crippen molar-refractivity contribution in [2.24, 2.45) is 5.73 Å². The first kappa shape index (κ1) is 36.5. The number of alkyl halides is 3. The number of nitrogens with one attached hydrogen (secondary N) is 4. The summed E-state index contributed by atoms with van der Waals surface area (Å²) in [5.74, 6) is -2.95. The number of aliphatic carboxylic acids is 1. The van der Waals surface area contributed by atoms with Crippen molar-refractivity contribution in [2.45, 2.75) is 27.1 Å². The van der Waals surface area contributed by atoms with E-state index in [4.69, 9.17) is 21.0 Å². The van der Waals surface area contributed by atoms with E-state index in [1.165, 1.54) is 23.9 Å². The van der Waals surface area contributed by atoms with Gasteiger partial charge in [-0.3, -0.25) is 5.41 Å². The number of halogens is 3.